The molecule has 0 radical (unpaired) electrons. The van der Waals surface area contributed by atoms with Crippen LogP contribution in [0, 0.1) is 13.5 Å². The summed E-state index contributed by atoms with van der Waals surface area (Å²) < 4.78 is 1.78. The summed E-state index contributed by atoms with van der Waals surface area (Å²) in [6, 6.07) is 2.61. The zero-order valence-corrected chi connectivity index (χ0v) is 19.5. The monoisotopic (exact) mass is 448 g/mol. The molecule has 3 aromatic rings. The highest BCUT2D eigenvalue weighted by Gasteiger charge is 2.23. The number of piperazine rings is 1. The van der Waals surface area contributed by atoms with E-state index in [0.717, 1.165) is 55.1 Å². The molecule has 0 bridgehead atoms. The van der Waals surface area contributed by atoms with Gasteiger partial charge in [0, 0.05) is 38.3 Å². The molecular formula is C23H32N10. The lowest BCUT2D eigenvalue weighted by atomic mass is 10.1. The van der Waals surface area contributed by atoms with Crippen molar-refractivity contribution in [2.24, 2.45) is 0 Å². The Morgan fingerprint density at radius 2 is 2.21 bits per heavy atom. The highest BCUT2D eigenvalue weighted by molar-refractivity contribution is 5.61. The molecule has 0 saturated carbocycles. The predicted molar refractivity (Wildman–Crippen MR) is 130 cm³/mol. The molecule has 1 unspecified atom stereocenters. The largest absolute Gasteiger partial charge is 0.380 e. The Morgan fingerprint density at radius 1 is 1.36 bits per heavy atom. The maximum atomic E-state index is 7.13. The third-order valence-corrected chi connectivity index (χ3v) is 5.92. The third kappa shape index (κ3) is 5.14. The molecule has 2 atom stereocenters. The number of imidazole rings is 1. The Labute approximate surface area is 194 Å². The molecule has 4 N–H and O–H groups in total. The zero-order valence-electron chi connectivity index (χ0n) is 19.5. The Kier molecular flexibility index (Phi) is 6.89. The minimum atomic E-state index is 0.184. The van der Waals surface area contributed by atoms with E-state index < -0.39 is 0 Å². The first-order valence-corrected chi connectivity index (χ1v) is 11.5. The summed E-state index contributed by atoms with van der Waals surface area (Å²) >= 11 is 0. The SMILES string of the molecule is [C-]#[N+]CC1CN(c2ncc(Cc3cnc4c(N)nc(N[C@@H](C)CCC)nn34)cc2C)CCN1. The lowest BCUT2D eigenvalue weighted by molar-refractivity contribution is 0.475. The van der Waals surface area contributed by atoms with E-state index in [1.54, 1.807) is 10.7 Å². The van der Waals surface area contributed by atoms with E-state index in [9.17, 15) is 0 Å². The maximum absolute atomic E-state index is 7.13. The van der Waals surface area contributed by atoms with Crippen LogP contribution in [-0.2, 0) is 6.42 Å². The molecule has 4 rings (SSSR count). The van der Waals surface area contributed by atoms with Crippen LogP contribution in [0.15, 0.2) is 18.5 Å². The number of rotatable bonds is 8. The minimum Gasteiger partial charge on any atom is -0.380 e. The number of nitrogen functional groups attached to an aromatic ring is 1. The summed E-state index contributed by atoms with van der Waals surface area (Å²) in [4.78, 5) is 19.4. The summed E-state index contributed by atoms with van der Waals surface area (Å²) in [5.41, 5.74) is 9.85. The molecule has 0 aromatic carbocycles. The highest BCUT2D eigenvalue weighted by Crippen LogP contribution is 2.22. The van der Waals surface area contributed by atoms with Crippen LogP contribution in [0.2, 0.25) is 0 Å². The van der Waals surface area contributed by atoms with Crippen molar-refractivity contribution in [1.29, 1.82) is 0 Å². The van der Waals surface area contributed by atoms with E-state index in [2.05, 4.69) is 62.3 Å². The van der Waals surface area contributed by atoms with Gasteiger partial charge in [-0.3, -0.25) is 0 Å². The summed E-state index contributed by atoms with van der Waals surface area (Å²) in [7, 11) is 0. The number of fused-ring (bicyclic) bond motifs is 1. The fraction of sp³-hybridized carbons (Fsp3) is 0.522. The first-order valence-electron chi connectivity index (χ1n) is 11.5. The first kappa shape index (κ1) is 22.7. The van der Waals surface area contributed by atoms with Crippen LogP contribution >= 0.6 is 0 Å². The van der Waals surface area contributed by atoms with Crippen LogP contribution in [0.5, 0.6) is 0 Å². The molecule has 1 aliphatic rings. The zero-order chi connectivity index (χ0) is 23.4. The lowest BCUT2D eigenvalue weighted by Gasteiger charge is -2.33. The van der Waals surface area contributed by atoms with Crippen LogP contribution in [0.1, 0.15) is 43.5 Å². The van der Waals surface area contributed by atoms with E-state index in [0.29, 0.717) is 30.4 Å². The standard InChI is InChI=1S/C23H32N10/c1-5-6-16(3)29-23-30-20(24)22-28-13-19(33(22)31-23)10-17-9-15(2)21(27-11-17)32-8-7-26-18(14-32)12-25-4/h9,11,13,16,18,26H,5-8,10,12,14H2,1-3H3,(H3,24,29,30,31)/t16-,18?/m0/s1. The number of nitrogens with one attached hydrogen (secondary N) is 2. The Balaban J connectivity index is 1.54. The molecule has 4 heterocycles. The van der Waals surface area contributed by atoms with Gasteiger partial charge in [-0.15, -0.1) is 5.10 Å². The highest BCUT2D eigenvalue weighted by atomic mass is 15.3. The molecule has 3 aromatic heterocycles. The lowest BCUT2D eigenvalue weighted by Crippen LogP contribution is -2.52. The minimum absolute atomic E-state index is 0.184. The van der Waals surface area contributed by atoms with E-state index in [4.69, 9.17) is 17.3 Å². The fourth-order valence-corrected chi connectivity index (χ4v) is 4.37. The molecule has 0 amide bonds. The van der Waals surface area contributed by atoms with Gasteiger partial charge in [0.25, 0.3) is 0 Å². The van der Waals surface area contributed by atoms with Crippen molar-refractivity contribution < 1.29 is 0 Å². The normalized spacial score (nSPS) is 17.2. The maximum Gasteiger partial charge on any atom is 0.243 e. The average molecular weight is 449 g/mol. The number of pyridine rings is 1. The molecule has 33 heavy (non-hydrogen) atoms. The molecule has 1 fully saturated rings. The van der Waals surface area contributed by atoms with Crippen molar-refractivity contribution in [2.45, 2.75) is 52.1 Å². The molecule has 10 nitrogen and oxygen atoms in total. The Bertz CT molecular complexity index is 1150. The summed E-state index contributed by atoms with van der Waals surface area (Å²) in [5.74, 6) is 1.86. The van der Waals surface area contributed by atoms with E-state index in [-0.39, 0.29) is 12.1 Å². The number of nitrogens with zero attached hydrogens (tertiary/aromatic N) is 7. The van der Waals surface area contributed by atoms with Crippen LogP contribution in [-0.4, -0.2) is 62.8 Å². The van der Waals surface area contributed by atoms with Crippen molar-refractivity contribution >= 4 is 23.2 Å². The molecule has 0 aliphatic carbocycles. The van der Waals surface area contributed by atoms with Crippen molar-refractivity contribution in [1.82, 2.24) is 29.9 Å². The van der Waals surface area contributed by atoms with Gasteiger partial charge in [0.05, 0.1) is 17.9 Å². The van der Waals surface area contributed by atoms with Crippen LogP contribution in [0.25, 0.3) is 10.5 Å². The van der Waals surface area contributed by atoms with Gasteiger partial charge in [0.15, 0.2) is 11.5 Å². The van der Waals surface area contributed by atoms with Gasteiger partial charge in [-0.05, 0) is 31.4 Å². The number of aromatic nitrogens is 5. The van der Waals surface area contributed by atoms with Gasteiger partial charge in [-0.25, -0.2) is 21.1 Å². The van der Waals surface area contributed by atoms with Gasteiger partial charge in [-0.1, -0.05) is 19.4 Å². The second-order valence-electron chi connectivity index (χ2n) is 8.74. The number of anilines is 3. The smallest absolute Gasteiger partial charge is 0.243 e. The number of hydrogen-bond donors (Lipinski definition) is 3. The van der Waals surface area contributed by atoms with Crippen molar-refractivity contribution in [2.75, 3.05) is 42.1 Å². The van der Waals surface area contributed by atoms with Gasteiger partial charge in [-0.2, -0.15) is 4.98 Å². The van der Waals surface area contributed by atoms with Gasteiger partial charge < -0.3 is 26.1 Å². The first-order chi connectivity index (χ1) is 16.0. The number of hydrogen-bond acceptors (Lipinski definition) is 8. The second kappa shape index (κ2) is 10.0. The van der Waals surface area contributed by atoms with Crippen molar-refractivity contribution in [3.05, 3.63) is 46.7 Å². The summed E-state index contributed by atoms with van der Waals surface area (Å²) in [5, 5.41) is 11.4. The quantitative estimate of drug-likeness (QED) is 0.450. The topological polar surface area (TPSA) is 114 Å². The Morgan fingerprint density at radius 3 is 2.97 bits per heavy atom. The molecule has 174 valence electrons. The van der Waals surface area contributed by atoms with E-state index in [1.807, 2.05) is 6.20 Å². The summed E-state index contributed by atoms with van der Waals surface area (Å²) in [6.07, 6.45) is 6.46. The molecule has 0 spiro atoms. The van der Waals surface area contributed by atoms with Gasteiger partial charge in [0.1, 0.15) is 5.82 Å². The van der Waals surface area contributed by atoms with Gasteiger partial charge in [0.2, 0.25) is 12.5 Å². The third-order valence-electron chi connectivity index (χ3n) is 5.92. The predicted octanol–water partition coefficient (Wildman–Crippen LogP) is 2.30. The summed E-state index contributed by atoms with van der Waals surface area (Å²) in [6.45, 7) is 16.5. The fourth-order valence-electron chi connectivity index (χ4n) is 4.37. The Hall–Kier alpha value is -3.45. The number of nitrogens with two attached hydrogens (primary N) is 1. The number of aryl methyl sites for hydroxylation is 1. The molecule has 1 saturated heterocycles. The van der Waals surface area contributed by atoms with Crippen molar-refractivity contribution in [3.8, 4) is 0 Å². The van der Waals surface area contributed by atoms with Gasteiger partial charge >= 0.3 is 0 Å². The average Bonchev–Trinajstić information content (AvgIpc) is 3.17. The van der Waals surface area contributed by atoms with E-state index in [1.165, 1.54) is 0 Å². The molecular weight excluding hydrogens is 416 g/mol. The van der Waals surface area contributed by atoms with Crippen LogP contribution in [0.4, 0.5) is 17.6 Å². The van der Waals surface area contributed by atoms with Crippen LogP contribution in [0.3, 0.4) is 0 Å². The van der Waals surface area contributed by atoms with Crippen LogP contribution < -0.4 is 21.3 Å². The second-order valence-corrected chi connectivity index (χ2v) is 8.74. The molecule has 1 aliphatic heterocycles. The molecule has 10 heteroatoms. The van der Waals surface area contributed by atoms with E-state index >= 15 is 0 Å². The van der Waals surface area contributed by atoms with Crippen molar-refractivity contribution in [3.63, 3.8) is 0 Å².